The topological polar surface area (TPSA) is 78.9 Å². The van der Waals surface area contributed by atoms with Gasteiger partial charge in [-0.15, -0.1) is 0 Å². The summed E-state index contributed by atoms with van der Waals surface area (Å²) in [7, 11) is 0. The van der Waals surface area contributed by atoms with E-state index >= 15 is 0 Å². The summed E-state index contributed by atoms with van der Waals surface area (Å²) in [6.45, 7) is 6.49. The lowest BCUT2D eigenvalue weighted by Gasteiger charge is -2.18. The van der Waals surface area contributed by atoms with E-state index in [-0.39, 0.29) is 31.1 Å². The van der Waals surface area contributed by atoms with Crippen molar-refractivity contribution < 1.29 is 28.6 Å². The normalized spacial score (nSPS) is 12.3. The maximum atomic E-state index is 12.8. The predicted molar refractivity (Wildman–Crippen MR) is 247 cm³/mol. The summed E-state index contributed by atoms with van der Waals surface area (Å²) in [4.78, 5) is 37.8. The molecule has 1 unspecified atom stereocenters. The second-order valence-corrected chi connectivity index (χ2v) is 16.7. The lowest BCUT2D eigenvalue weighted by Crippen LogP contribution is -2.30. The highest BCUT2D eigenvalue weighted by atomic mass is 16.6. The van der Waals surface area contributed by atoms with Gasteiger partial charge in [0.2, 0.25) is 0 Å². The van der Waals surface area contributed by atoms with Crippen LogP contribution in [0.4, 0.5) is 0 Å². The van der Waals surface area contributed by atoms with Gasteiger partial charge in [0.25, 0.3) is 0 Å². The minimum Gasteiger partial charge on any atom is -0.462 e. The standard InChI is InChI=1S/C52H94O6/c1-4-7-10-13-16-19-22-24-26-27-29-30-33-36-39-42-45-51(54)57-48-49(47-56-50(53)44-41-38-35-32-21-18-15-12-9-6-3)58-52(55)46-43-40-37-34-31-28-25-23-20-17-14-11-8-5-2/h8,11,15,17-18,20,49H,4-7,9-10,12-14,16,19,21-48H2,1-3H3/b11-8-,18-15-,20-17-. The Kier molecular flexibility index (Phi) is 45.4. The second kappa shape index (κ2) is 47.3. The first-order valence-corrected chi connectivity index (χ1v) is 25.0. The number of hydrogen-bond acceptors (Lipinski definition) is 6. The fourth-order valence-electron chi connectivity index (χ4n) is 7.11. The third kappa shape index (κ3) is 44.7. The monoisotopic (exact) mass is 815 g/mol. The molecule has 0 aromatic heterocycles. The van der Waals surface area contributed by atoms with Crippen LogP contribution >= 0.6 is 0 Å². The molecule has 0 rings (SSSR count). The van der Waals surface area contributed by atoms with Gasteiger partial charge in [0.1, 0.15) is 13.2 Å². The van der Waals surface area contributed by atoms with Crippen molar-refractivity contribution in [1.29, 1.82) is 0 Å². The average Bonchev–Trinajstić information content (AvgIpc) is 3.22. The van der Waals surface area contributed by atoms with Crippen LogP contribution in [0.15, 0.2) is 36.5 Å². The smallest absolute Gasteiger partial charge is 0.306 e. The summed E-state index contributed by atoms with van der Waals surface area (Å²) in [5, 5.41) is 0. The summed E-state index contributed by atoms with van der Waals surface area (Å²) in [5.41, 5.74) is 0. The molecule has 0 aromatic rings. The Morgan fingerprint density at radius 2 is 0.690 bits per heavy atom. The van der Waals surface area contributed by atoms with Crippen molar-refractivity contribution in [2.75, 3.05) is 13.2 Å². The van der Waals surface area contributed by atoms with Crippen molar-refractivity contribution in [3.8, 4) is 0 Å². The molecule has 1 atom stereocenters. The van der Waals surface area contributed by atoms with Crippen LogP contribution in [0, 0.1) is 0 Å². The summed E-state index contributed by atoms with van der Waals surface area (Å²) < 4.78 is 16.7. The van der Waals surface area contributed by atoms with E-state index in [0.717, 1.165) is 96.3 Å². The predicted octanol–water partition coefficient (Wildman–Crippen LogP) is 16.1. The van der Waals surface area contributed by atoms with Crippen LogP contribution in [0.5, 0.6) is 0 Å². The van der Waals surface area contributed by atoms with Gasteiger partial charge in [-0.3, -0.25) is 14.4 Å². The highest BCUT2D eigenvalue weighted by Gasteiger charge is 2.19. The molecular weight excluding hydrogens is 721 g/mol. The third-order valence-electron chi connectivity index (χ3n) is 10.9. The molecule has 0 aliphatic heterocycles. The fraction of sp³-hybridized carbons (Fsp3) is 0.827. The Labute approximate surface area is 359 Å². The van der Waals surface area contributed by atoms with E-state index in [1.54, 1.807) is 0 Å². The van der Waals surface area contributed by atoms with E-state index in [9.17, 15) is 14.4 Å². The number of allylic oxidation sites excluding steroid dienone is 6. The molecule has 0 amide bonds. The molecular formula is C52H94O6. The lowest BCUT2D eigenvalue weighted by atomic mass is 10.0. The molecule has 0 aromatic carbocycles. The maximum Gasteiger partial charge on any atom is 0.306 e. The van der Waals surface area contributed by atoms with E-state index in [1.165, 1.54) is 122 Å². The van der Waals surface area contributed by atoms with Gasteiger partial charge in [-0.1, -0.05) is 211 Å². The van der Waals surface area contributed by atoms with E-state index < -0.39 is 6.10 Å². The molecule has 0 fully saturated rings. The molecule has 58 heavy (non-hydrogen) atoms. The Morgan fingerprint density at radius 3 is 1.10 bits per heavy atom. The Hall–Kier alpha value is -2.37. The van der Waals surface area contributed by atoms with E-state index in [1.807, 2.05) is 0 Å². The zero-order valence-corrected chi connectivity index (χ0v) is 38.6. The van der Waals surface area contributed by atoms with Crippen molar-refractivity contribution in [3.63, 3.8) is 0 Å². The van der Waals surface area contributed by atoms with Gasteiger partial charge in [-0.2, -0.15) is 0 Å². The molecule has 0 saturated carbocycles. The minimum atomic E-state index is -0.776. The van der Waals surface area contributed by atoms with Gasteiger partial charge < -0.3 is 14.2 Å². The molecule has 0 aliphatic rings. The van der Waals surface area contributed by atoms with E-state index in [2.05, 4.69) is 57.2 Å². The number of esters is 3. The fourth-order valence-corrected chi connectivity index (χ4v) is 7.11. The third-order valence-corrected chi connectivity index (χ3v) is 10.9. The Balaban J connectivity index is 4.33. The summed E-state index contributed by atoms with van der Waals surface area (Å²) in [5.74, 6) is -0.891. The van der Waals surface area contributed by atoms with Crippen molar-refractivity contribution >= 4 is 17.9 Å². The molecule has 0 heterocycles. The van der Waals surface area contributed by atoms with Crippen LogP contribution < -0.4 is 0 Å². The summed E-state index contributed by atoms with van der Waals surface area (Å²) in [6.07, 6.45) is 54.2. The SMILES string of the molecule is CC/C=C\C/C=C\CCCCCCCCCC(=O)OC(COC(=O)CCCCCC/C=C\CCCC)COC(=O)CCCCCCCCCCCCCCCCCC. The average molecular weight is 815 g/mol. The van der Waals surface area contributed by atoms with Crippen molar-refractivity contribution in [1.82, 2.24) is 0 Å². The highest BCUT2D eigenvalue weighted by molar-refractivity contribution is 5.71. The van der Waals surface area contributed by atoms with Gasteiger partial charge >= 0.3 is 17.9 Å². The first-order valence-electron chi connectivity index (χ1n) is 25.0. The minimum absolute atomic E-state index is 0.0763. The maximum absolute atomic E-state index is 12.8. The summed E-state index contributed by atoms with van der Waals surface area (Å²) >= 11 is 0. The molecule has 0 bridgehead atoms. The van der Waals surface area contributed by atoms with Crippen LogP contribution in [0.25, 0.3) is 0 Å². The lowest BCUT2D eigenvalue weighted by molar-refractivity contribution is -0.167. The van der Waals surface area contributed by atoms with Crippen molar-refractivity contribution in [2.24, 2.45) is 0 Å². The molecule has 0 aliphatic carbocycles. The molecule has 0 radical (unpaired) electrons. The van der Waals surface area contributed by atoms with Gasteiger partial charge in [0.15, 0.2) is 6.10 Å². The highest BCUT2D eigenvalue weighted by Crippen LogP contribution is 2.16. The summed E-state index contributed by atoms with van der Waals surface area (Å²) in [6, 6.07) is 0. The number of hydrogen-bond donors (Lipinski definition) is 0. The van der Waals surface area contributed by atoms with E-state index in [0.29, 0.717) is 19.3 Å². The number of carbonyl (C=O) groups excluding carboxylic acids is 3. The number of unbranched alkanes of at least 4 members (excludes halogenated alkanes) is 28. The molecule has 6 heteroatoms. The van der Waals surface area contributed by atoms with Crippen LogP contribution in [0.2, 0.25) is 0 Å². The van der Waals surface area contributed by atoms with Gasteiger partial charge in [0.05, 0.1) is 0 Å². The van der Waals surface area contributed by atoms with Crippen LogP contribution in [0.3, 0.4) is 0 Å². The van der Waals surface area contributed by atoms with Gasteiger partial charge in [-0.05, 0) is 64.2 Å². The number of rotatable bonds is 45. The zero-order valence-electron chi connectivity index (χ0n) is 38.6. The number of ether oxygens (including phenoxy) is 3. The van der Waals surface area contributed by atoms with E-state index in [4.69, 9.17) is 14.2 Å². The van der Waals surface area contributed by atoms with Crippen LogP contribution in [0.1, 0.15) is 258 Å². The zero-order chi connectivity index (χ0) is 42.3. The largest absolute Gasteiger partial charge is 0.462 e. The van der Waals surface area contributed by atoms with Crippen molar-refractivity contribution in [3.05, 3.63) is 36.5 Å². The Morgan fingerprint density at radius 1 is 0.362 bits per heavy atom. The molecule has 0 spiro atoms. The quantitative estimate of drug-likeness (QED) is 0.0264. The second-order valence-electron chi connectivity index (χ2n) is 16.7. The first kappa shape index (κ1) is 55.6. The molecule has 0 N–H and O–H groups in total. The van der Waals surface area contributed by atoms with Crippen molar-refractivity contribution in [2.45, 2.75) is 264 Å². The molecule has 338 valence electrons. The molecule has 6 nitrogen and oxygen atoms in total. The van der Waals surface area contributed by atoms with Crippen LogP contribution in [-0.2, 0) is 28.6 Å². The van der Waals surface area contributed by atoms with Gasteiger partial charge in [-0.25, -0.2) is 0 Å². The molecule has 0 saturated heterocycles. The van der Waals surface area contributed by atoms with Gasteiger partial charge in [0, 0.05) is 19.3 Å². The Bertz CT molecular complexity index is 984. The first-order chi connectivity index (χ1) is 28.5. The number of carbonyl (C=O) groups is 3. The van der Waals surface area contributed by atoms with Crippen LogP contribution in [-0.4, -0.2) is 37.2 Å².